The molecule has 3 heterocycles. The van der Waals surface area contributed by atoms with Gasteiger partial charge in [-0.05, 0) is 67.1 Å². The van der Waals surface area contributed by atoms with E-state index in [1.165, 1.54) is 11.1 Å². The molecule has 0 spiro atoms. The summed E-state index contributed by atoms with van der Waals surface area (Å²) in [5, 5.41) is 12.2. The number of amides is 1. The molecule has 6 rings (SSSR count). The van der Waals surface area contributed by atoms with Gasteiger partial charge in [0.1, 0.15) is 17.6 Å². The largest absolute Gasteiger partial charge is 0.490 e. The first-order chi connectivity index (χ1) is 20.1. The van der Waals surface area contributed by atoms with Gasteiger partial charge in [-0.15, -0.1) is 0 Å². The Morgan fingerprint density at radius 3 is 2.22 bits per heavy atom. The van der Waals surface area contributed by atoms with Crippen molar-refractivity contribution in [3.8, 4) is 17.6 Å². The predicted molar refractivity (Wildman–Crippen MR) is 158 cm³/mol. The van der Waals surface area contributed by atoms with Gasteiger partial charge in [0.15, 0.2) is 6.10 Å². The lowest BCUT2D eigenvalue weighted by atomic mass is 10.0. The van der Waals surface area contributed by atoms with Crippen LogP contribution in [0.2, 0.25) is 0 Å². The Bertz CT molecular complexity index is 1350. The molecule has 3 aromatic carbocycles. The Labute approximate surface area is 242 Å². The third-order valence-electron chi connectivity index (χ3n) is 8.51. The summed E-state index contributed by atoms with van der Waals surface area (Å²) in [6, 6.07) is 26.7. The van der Waals surface area contributed by atoms with E-state index in [9.17, 15) is 4.79 Å². The third kappa shape index (κ3) is 7.08. The molecule has 0 radical (unpaired) electrons. The molecule has 3 aliphatic heterocycles. The molecule has 7 heteroatoms. The lowest BCUT2D eigenvalue weighted by molar-refractivity contribution is -0.128. The number of likely N-dealkylation sites (tertiary alicyclic amines) is 2. The number of rotatable bonds is 8. The van der Waals surface area contributed by atoms with E-state index >= 15 is 0 Å². The Morgan fingerprint density at radius 2 is 1.54 bits per heavy atom. The van der Waals surface area contributed by atoms with Crippen molar-refractivity contribution in [2.75, 3.05) is 26.2 Å². The summed E-state index contributed by atoms with van der Waals surface area (Å²) in [5.41, 5.74) is 4.30. The topological polar surface area (TPSA) is 77.8 Å². The lowest BCUT2D eigenvalue weighted by Gasteiger charge is -2.32. The van der Waals surface area contributed by atoms with Crippen LogP contribution in [0.1, 0.15) is 47.9 Å². The summed E-state index contributed by atoms with van der Waals surface area (Å²) < 4.78 is 12.4. The van der Waals surface area contributed by atoms with Gasteiger partial charge in [-0.3, -0.25) is 14.6 Å². The number of piperidine rings is 2. The number of nitrogens with zero attached hydrogens (tertiary/aromatic N) is 3. The van der Waals surface area contributed by atoms with Gasteiger partial charge in [-0.2, -0.15) is 5.26 Å². The zero-order valence-corrected chi connectivity index (χ0v) is 23.5. The third-order valence-corrected chi connectivity index (χ3v) is 8.51. The number of carbonyl (C=O) groups excluding carboxylic acids is 1. The van der Waals surface area contributed by atoms with Gasteiger partial charge in [0.05, 0.1) is 11.6 Å². The lowest BCUT2D eigenvalue weighted by Crippen LogP contribution is -2.48. The predicted octanol–water partition coefficient (Wildman–Crippen LogP) is 4.69. The van der Waals surface area contributed by atoms with Crippen molar-refractivity contribution in [2.24, 2.45) is 0 Å². The molecule has 41 heavy (non-hydrogen) atoms. The molecule has 2 saturated heterocycles. The second-order valence-corrected chi connectivity index (χ2v) is 11.5. The van der Waals surface area contributed by atoms with E-state index in [4.69, 9.17) is 14.7 Å². The van der Waals surface area contributed by atoms with Crippen molar-refractivity contribution < 1.29 is 14.3 Å². The molecule has 3 aromatic rings. The fourth-order valence-corrected chi connectivity index (χ4v) is 6.14. The molecule has 212 valence electrons. The average Bonchev–Trinajstić information content (AvgIpc) is 3.44. The molecule has 3 aliphatic rings. The Morgan fingerprint density at radius 1 is 0.878 bits per heavy atom. The molecule has 1 amide bonds. The van der Waals surface area contributed by atoms with Crippen LogP contribution in [0.3, 0.4) is 0 Å². The highest BCUT2D eigenvalue weighted by atomic mass is 16.5. The normalized spacial score (nSPS) is 20.1. The van der Waals surface area contributed by atoms with Crippen LogP contribution in [0.15, 0.2) is 72.8 Å². The second-order valence-electron chi connectivity index (χ2n) is 11.5. The Hall–Kier alpha value is -3.86. The van der Waals surface area contributed by atoms with Gasteiger partial charge in [-0.25, -0.2) is 0 Å². The fourth-order valence-electron chi connectivity index (χ4n) is 6.14. The van der Waals surface area contributed by atoms with Gasteiger partial charge in [0.2, 0.25) is 0 Å². The summed E-state index contributed by atoms with van der Waals surface area (Å²) in [4.78, 5) is 17.9. The number of ether oxygens (including phenoxy) is 2. The summed E-state index contributed by atoms with van der Waals surface area (Å²) >= 11 is 0. The fraction of sp³-hybridized carbons (Fsp3) is 0.412. The minimum atomic E-state index is -0.479. The van der Waals surface area contributed by atoms with Crippen LogP contribution in [-0.2, 0) is 24.3 Å². The van der Waals surface area contributed by atoms with Gasteiger partial charge >= 0.3 is 0 Å². The molecule has 1 unspecified atom stereocenters. The highest BCUT2D eigenvalue weighted by Gasteiger charge is 2.32. The molecule has 2 fully saturated rings. The first kappa shape index (κ1) is 27.3. The van der Waals surface area contributed by atoms with Crippen LogP contribution in [0.5, 0.6) is 11.5 Å². The van der Waals surface area contributed by atoms with E-state index in [-0.39, 0.29) is 18.1 Å². The van der Waals surface area contributed by atoms with Gasteiger partial charge < -0.3 is 14.8 Å². The number of nitrogens with one attached hydrogen (secondary N) is 1. The van der Waals surface area contributed by atoms with Crippen molar-refractivity contribution in [1.29, 1.82) is 5.26 Å². The molecule has 1 N–H and O–H groups in total. The molecule has 0 aliphatic carbocycles. The Balaban J connectivity index is 0.932. The van der Waals surface area contributed by atoms with Crippen molar-refractivity contribution in [3.05, 3.63) is 95.1 Å². The zero-order valence-electron chi connectivity index (χ0n) is 23.5. The summed E-state index contributed by atoms with van der Waals surface area (Å²) in [7, 11) is 0. The van der Waals surface area contributed by atoms with Crippen LogP contribution in [0.25, 0.3) is 0 Å². The van der Waals surface area contributed by atoms with Crippen molar-refractivity contribution >= 4 is 5.91 Å². The summed E-state index contributed by atoms with van der Waals surface area (Å²) in [6.07, 6.45) is 4.14. The van der Waals surface area contributed by atoms with Crippen molar-refractivity contribution in [1.82, 2.24) is 15.1 Å². The maximum atomic E-state index is 13.1. The molecule has 7 nitrogen and oxygen atoms in total. The summed E-state index contributed by atoms with van der Waals surface area (Å²) in [5.74, 6) is 1.62. The summed E-state index contributed by atoms with van der Waals surface area (Å²) in [6.45, 7) is 5.79. The Kier molecular flexibility index (Phi) is 8.50. The minimum absolute atomic E-state index is 0.0141. The van der Waals surface area contributed by atoms with E-state index in [2.05, 4.69) is 51.5 Å². The van der Waals surface area contributed by atoms with Crippen molar-refractivity contribution in [3.63, 3.8) is 0 Å². The SMILES string of the molecule is N#Cc1ccc(CN2CCC(Oc3ccc4c(c3)CC(C(=O)NC3CCN(Cc5ccccc5)CC3)O4)CC2)cc1. The van der Waals surface area contributed by atoms with Crippen LogP contribution in [0.4, 0.5) is 0 Å². The van der Waals surface area contributed by atoms with E-state index in [0.717, 1.165) is 82.0 Å². The van der Waals surface area contributed by atoms with E-state index < -0.39 is 6.10 Å². The molecule has 0 saturated carbocycles. The van der Waals surface area contributed by atoms with Crippen molar-refractivity contribution in [2.45, 2.75) is 63.4 Å². The van der Waals surface area contributed by atoms with Crippen LogP contribution >= 0.6 is 0 Å². The number of hydrogen-bond donors (Lipinski definition) is 1. The average molecular weight is 551 g/mol. The maximum absolute atomic E-state index is 13.1. The monoisotopic (exact) mass is 550 g/mol. The number of benzene rings is 3. The standard InChI is InChI=1S/C34H38N4O3/c35-22-25-6-8-27(9-7-25)24-38-18-14-30(15-19-38)40-31-10-11-32-28(20-31)21-33(41-32)34(39)36-29-12-16-37(17-13-29)23-26-4-2-1-3-5-26/h1-11,20,29-30,33H,12-19,21,23-24H2,(H,36,39). The highest BCUT2D eigenvalue weighted by molar-refractivity contribution is 5.82. The van der Waals surface area contributed by atoms with Crippen LogP contribution in [0, 0.1) is 11.3 Å². The van der Waals surface area contributed by atoms with E-state index in [1.54, 1.807) is 0 Å². The molecule has 0 aromatic heterocycles. The van der Waals surface area contributed by atoms with Gasteiger partial charge in [-0.1, -0.05) is 42.5 Å². The maximum Gasteiger partial charge on any atom is 0.261 e. The number of carbonyl (C=O) groups is 1. The number of hydrogen-bond acceptors (Lipinski definition) is 6. The van der Waals surface area contributed by atoms with E-state index in [0.29, 0.717) is 12.0 Å². The minimum Gasteiger partial charge on any atom is -0.490 e. The van der Waals surface area contributed by atoms with E-state index in [1.807, 2.05) is 42.5 Å². The second kappa shape index (κ2) is 12.8. The van der Waals surface area contributed by atoms with Crippen LogP contribution in [-0.4, -0.2) is 60.1 Å². The first-order valence-electron chi connectivity index (χ1n) is 14.9. The molecular weight excluding hydrogens is 512 g/mol. The molecular formula is C34H38N4O3. The zero-order chi connectivity index (χ0) is 28.0. The molecule has 0 bridgehead atoms. The first-order valence-corrected chi connectivity index (χ1v) is 14.9. The van der Waals surface area contributed by atoms with Gasteiger partial charge in [0.25, 0.3) is 5.91 Å². The van der Waals surface area contributed by atoms with Crippen LogP contribution < -0.4 is 14.8 Å². The van der Waals surface area contributed by atoms with Gasteiger partial charge in [0, 0.05) is 57.3 Å². The number of fused-ring (bicyclic) bond motifs is 1. The number of nitriles is 1. The molecule has 1 atom stereocenters. The quantitative estimate of drug-likeness (QED) is 0.439. The highest BCUT2D eigenvalue weighted by Crippen LogP contribution is 2.33. The smallest absolute Gasteiger partial charge is 0.261 e.